The van der Waals surface area contributed by atoms with E-state index in [4.69, 9.17) is 0 Å². The van der Waals surface area contributed by atoms with Crippen molar-refractivity contribution in [3.8, 4) is 0 Å². The standard InChI is InChI=1S/C17H24N4O/c1-14(16-7-8-18-13-19-16)20-9-11-21(12-10-20)17(22)15-5-3-2-4-6-15/h7-8,13,15H,1-6,9-12H2. The predicted octanol–water partition coefficient (Wildman–Crippen LogP) is 2.17. The maximum atomic E-state index is 12.6. The summed E-state index contributed by atoms with van der Waals surface area (Å²) in [6.45, 7) is 7.39. The number of hydrogen-bond donors (Lipinski definition) is 0. The zero-order valence-corrected chi connectivity index (χ0v) is 13.1. The van der Waals surface area contributed by atoms with E-state index in [2.05, 4.69) is 21.4 Å². The van der Waals surface area contributed by atoms with E-state index in [9.17, 15) is 4.79 Å². The minimum Gasteiger partial charge on any atom is -0.367 e. The second-order valence-electron chi connectivity index (χ2n) is 6.19. The normalized spacial score (nSPS) is 20.0. The van der Waals surface area contributed by atoms with Crippen LogP contribution in [0.4, 0.5) is 0 Å². The van der Waals surface area contributed by atoms with Gasteiger partial charge < -0.3 is 9.80 Å². The summed E-state index contributed by atoms with van der Waals surface area (Å²) in [7, 11) is 0. The summed E-state index contributed by atoms with van der Waals surface area (Å²) in [4.78, 5) is 25.0. The first kappa shape index (κ1) is 15.0. The van der Waals surface area contributed by atoms with Gasteiger partial charge in [0.25, 0.3) is 0 Å². The topological polar surface area (TPSA) is 49.3 Å². The van der Waals surface area contributed by atoms with E-state index in [-0.39, 0.29) is 5.92 Å². The lowest BCUT2D eigenvalue weighted by molar-refractivity contribution is -0.137. The van der Waals surface area contributed by atoms with Gasteiger partial charge in [-0.05, 0) is 18.9 Å². The largest absolute Gasteiger partial charge is 0.367 e. The SMILES string of the molecule is C=C(c1ccncn1)N1CCN(C(=O)C2CCCCC2)CC1. The molecule has 1 amide bonds. The van der Waals surface area contributed by atoms with Crippen LogP contribution in [-0.2, 0) is 4.79 Å². The van der Waals surface area contributed by atoms with Crippen molar-refractivity contribution < 1.29 is 4.79 Å². The maximum absolute atomic E-state index is 12.6. The molecule has 2 aliphatic rings. The first-order valence-electron chi connectivity index (χ1n) is 8.25. The third-order valence-electron chi connectivity index (χ3n) is 4.81. The maximum Gasteiger partial charge on any atom is 0.225 e. The van der Waals surface area contributed by atoms with Gasteiger partial charge in [0.1, 0.15) is 6.33 Å². The van der Waals surface area contributed by atoms with Gasteiger partial charge in [-0.3, -0.25) is 4.79 Å². The molecule has 1 saturated heterocycles. The molecule has 0 spiro atoms. The molecule has 0 N–H and O–H groups in total. The highest BCUT2D eigenvalue weighted by Crippen LogP contribution is 2.26. The van der Waals surface area contributed by atoms with E-state index in [0.29, 0.717) is 5.91 Å². The van der Waals surface area contributed by atoms with Crippen molar-refractivity contribution in [2.75, 3.05) is 26.2 Å². The Kier molecular flexibility index (Phi) is 4.71. The summed E-state index contributed by atoms with van der Waals surface area (Å²) in [6.07, 6.45) is 9.14. The Hall–Kier alpha value is -1.91. The molecular formula is C17H24N4O. The quantitative estimate of drug-likeness (QED) is 0.858. The molecule has 22 heavy (non-hydrogen) atoms. The summed E-state index contributed by atoms with van der Waals surface area (Å²) in [5, 5.41) is 0. The minimum absolute atomic E-state index is 0.269. The summed E-state index contributed by atoms with van der Waals surface area (Å²) >= 11 is 0. The Balaban J connectivity index is 1.54. The molecule has 0 bridgehead atoms. The van der Waals surface area contributed by atoms with Crippen LogP contribution < -0.4 is 0 Å². The Morgan fingerprint density at radius 3 is 2.41 bits per heavy atom. The van der Waals surface area contributed by atoms with Crippen LogP contribution in [0.5, 0.6) is 0 Å². The fraction of sp³-hybridized carbons (Fsp3) is 0.588. The van der Waals surface area contributed by atoms with Crippen molar-refractivity contribution in [1.82, 2.24) is 19.8 Å². The van der Waals surface area contributed by atoms with Crippen molar-refractivity contribution in [3.05, 3.63) is 30.9 Å². The summed E-state index contributed by atoms with van der Waals surface area (Å²) in [5.74, 6) is 0.636. The summed E-state index contributed by atoms with van der Waals surface area (Å²) in [6, 6.07) is 1.88. The minimum atomic E-state index is 0.269. The molecule has 5 heteroatoms. The molecule has 5 nitrogen and oxygen atoms in total. The van der Waals surface area contributed by atoms with E-state index >= 15 is 0 Å². The van der Waals surface area contributed by atoms with Crippen LogP contribution in [-0.4, -0.2) is 51.9 Å². The number of rotatable bonds is 3. The second kappa shape index (κ2) is 6.90. The van der Waals surface area contributed by atoms with E-state index in [1.807, 2.05) is 11.0 Å². The molecule has 1 saturated carbocycles. The number of amides is 1. The van der Waals surface area contributed by atoms with E-state index < -0.39 is 0 Å². The zero-order chi connectivity index (χ0) is 15.4. The average molecular weight is 300 g/mol. The van der Waals surface area contributed by atoms with E-state index in [1.165, 1.54) is 19.3 Å². The smallest absolute Gasteiger partial charge is 0.225 e. The molecular weight excluding hydrogens is 276 g/mol. The second-order valence-corrected chi connectivity index (χ2v) is 6.19. The van der Waals surface area contributed by atoms with Gasteiger partial charge in [0.05, 0.1) is 11.4 Å². The van der Waals surface area contributed by atoms with Crippen molar-refractivity contribution in [2.45, 2.75) is 32.1 Å². The Labute approximate surface area is 132 Å². The highest BCUT2D eigenvalue weighted by Gasteiger charge is 2.28. The van der Waals surface area contributed by atoms with Gasteiger partial charge in [0.15, 0.2) is 0 Å². The molecule has 2 fully saturated rings. The van der Waals surface area contributed by atoms with Crippen LogP contribution in [0.25, 0.3) is 5.70 Å². The number of hydrogen-bond acceptors (Lipinski definition) is 4. The number of aromatic nitrogens is 2. The summed E-state index contributed by atoms with van der Waals surface area (Å²) in [5.41, 5.74) is 1.79. The molecule has 1 aromatic rings. The highest BCUT2D eigenvalue weighted by atomic mass is 16.2. The van der Waals surface area contributed by atoms with Crippen LogP contribution >= 0.6 is 0 Å². The van der Waals surface area contributed by atoms with Crippen LogP contribution in [0.2, 0.25) is 0 Å². The van der Waals surface area contributed by atoms with Gasteiger partial charge in [-0.25, -0.2) is 9.97 Å². The van der Waals surface area contributed by atoms with Gasteiger partial charge in [0.2, 0.25) is 5.91 Å². The molecule has 118 valence electrons. The van der Waals surface area contributed by atoms with Gasteiger partial charge in [-0.15, -0.1) is 0 Å². The lowest BCUT2D eigenvalue weighted by Gasteiger charge is -2.38. The fourth-order valence-electron chi connectivity index (χ4n) is 3.43. The molecule has 0 unspecified atom stereocenters. The number of nitrogens with zero attached hydrogens (tertiary/aromatic N) is 4. The zero-order valence-electron chi connectivity index (χ0n) is 13.1. The number of carbonyl (C=O) groups is 1. The highest BCUT2D eigenvalue weighted by molar-refractivity contribution is 5.79. The molecule has 1 aliphatic heterocycles. The Bertz CT molecular complexity index is 517. The Morgan fingerprint density at radius 2 is 1.77 bits per heavy atom. The van der Waals surface area contributed by atoms with E-state index in [0.717, 1.165) is 50.4 Å². The average Bonchev–Trinajstić information content (AvgIpc) is 2.62. The summed E-state index contributed by atoms with van der Waals surface area (Å²) < 4.78 is 0. The lowest BCUT2D eigenvalue weighted by Crippen LogP contribution is -2.49. The first-order chi connectivity index (χ1) is 10.8. The third-order valence-corrected chi connectivity index (χ3v) is 4.81. The fourth-order valence-corrected chi connectivity index (χ4v) is 3.43. The number of piperazine rings is 1. The van der Waals surface area contributed by atoms with Crippen molar-refractivity contribution >= 4 is 11.6 Å². The molecule has 0 atom stereocenters. The molecule has 0 radical (unpaired) electrons. The number of carbonyl (C=O) groups excluding carboxylic acids is 1. The van der Waals surface area contributed by atoms with Gasteiger partial charge in [0, 0.05) is 38.3 Å². The van der Waals surface area contributed by atoms with Crippen LogP contribution in [0, 0.1) is 5.92 Å². The van der Waals surface area contributed by atoms with Crippen LogP contribution in [0.15, 0.2) is 25.2 Å². The molecule has 3 rings (SSSR count). The van der Waals surface area contributed by atoms with E-state index in [1.54, 1.807) is 12.5 Å². The lowest BCUT2D eigenvalue weighted by atomic mass is 9.88. The Morgan fingerprint density at radius 1 is 1.09 bits per heavy atom. The van der Waals surface area contributed by atoms with Gasteiger partial charge in [-0.2, -0.15) is 0 Å². The molecule has 2 heterocycles. The first-order valence-corrected chi connectivity index (χ1v) is 8.25. The van der Waals surface area contributed by atoms with Crippen LogP contribution in [0.3, 0.4) is 0 Å². The third kappa shape index (κ3) is 3.29. The monoisotopic (exact) mass is 300 g/mol. The molecule has 1 aliphatic carbocycles. The molecule has 1 aromatic heterocycles. The van der Waals surface area contributed by atoms with Crippen molar-refractivity contribution in [1.29, 1.82) is 0 Å². The predicted molar refractivity (Wildman–Crippen MR) is 85.8 cm³/mol. The molecule has 0 aromatic carbocycles. The van der Waals surface area contributed by atoms with Crippen molar-refractivity contribution in [2.24, 2.45) is 5.92 Å². The van der Waals surface area contributed by atoms with Crippen LogP contribution in [0.1, 0.15) is 37.8 Å². The van der Waals surface area contributed by atoms with Crippen molar-refractivity contribution in [3.63, 3.8) is 0 Å². The van der Waals surface area contributed by atoms with Gasteiger partial charge in [-0.1, -0.05) is 25.8 Å². The van der Waals surface area contributed by atoms with Gasteiger partial charge >= 0.3 is 0 Å².